The molecule has 1 saturated heterocycles. The Bertz CT molecular complexity index is 798. The number of likely N-dealkylation sites (tertiary alicyclic amines) is 1. The number of fused-ring (bicyclic) bond motifs is 1. The van der Waals surface area contributed by atoms with E-state index >= 15 is 0 Å². The normalized spacial score (nSPS) is 15.3. The average molecular weight is 356 g/mol. The highest BCUT2D eigenvalue weighted by Crippen LogP contribution is 2.18. The number of imidazole rings is 1. The van der Waals surface area contributed by atoms with Crippen molar-refractivity contribution in [1.82, 2.24) is 19.8 Å². The van der Waals surface area contributed by atoms with E-state index in [0.717, 1.165) is 37.0 Å². The molecule has 140 valence electrons. The Hall–Kier alpha value is -2.37. The van der Waals surface area contributed by atoms with Crippen LogP contribution in [0, 0.1) is 5.41 Å². The highest BCUT2D eigenvalue weighted by molar-refractivity contribution is 5.82. The van der Waals surface area contributed by atoms with Gasteiger partial charge in [0.2, 0.25) is 11.8 Å². The fourth-order valence-corrected chi connectivity index (χ4v) is 3.24. The van der Waals surface area contributed by atoms with Gasteiger partial charge in [-0.15, -0.1) is 0 Å². The molecule has 1 fully saturated rings. The van der Waals surface area contributed by atoms with Crippen LogP contribution >= 0.6 is 0 Å². The minimum absolute atomic E-state index is 0.0292. The van der Waals surface area contributed by atoms with Gasteiger partial charge in [-0.05, 0) is 31.4 Å². The summed E-state index contributed by atoms with van der Waals surface area (Å²) in [6, 6.07) is 7.79. The Morgan fingerprint density at radius 3 is 2.50 bits per heavy atom. The van der Waals surface area contributed by atoms with Gasteiger partial charge in [0.15, 0.2) is 0 Å². The van der Waals surface area contributed by atoms with Crippen molar-refractivity contribution in [3.8, 4) is 0 Å². The van der Waals surface area contributed by atoms with Gasteiger partial charge in [0.05, 0.1) is 17.6 Å². The van der Waals surface area contributed by atoms with E-state index in [9.17, 15) is 9.59 Å². The fraction of sp³-hybridized carbons (Fsp3) is 0.550. The molecule has 0 unspecified atom stereocenters. The van der Waals surface area contributed by atoms with Gasteiger partial charge < -0.3 is 14.8 Å². The standard InChI is InChI=1S/C20H28N4O2/c1-20(2,3)19(26)21-13-17-22-15-9-5-6-10-16(15)24(17)14-18(25)23-11-7-4-8-12-23/h5-6,9-10H,4,7-8,11-14H2,1-3H3,(H,21,26). The van der Waals surface area contributed by atoms with Crippen molar-refractivity contribution in [2.24, 2.45) is 5.41 Å². The quantitative estimate of drug-likeness (QED) is 0.916. The van der Waals surface area contributed by atoms with Crippen molar-refractivity contribution in [3.05, 3.63) is 30.1 Å². The molecule has 0 bridgehead atoms. The number of aromatic nitrogens is 2. The maximum Gasteiger partial charge on any atom is 0.242 e. The molecule has 0 saturated carbocycles. The second-order valence-electron chi connectivity index (χ2n) is 7.98. The smallest absolute Gasteiger partial charge is 0.242 e. The molecule has 2 amide bonds. The molecule has 2 heterocycles. The fourth-order valence-electron chi connectivity index (χ4n) is 3.24. The highest BCUT2D eigenvalue weighted by atomic mass is 16.2. The van der Waals surface area contributed by atoms with E-state index in [-0.39, 0.29) is 18.4 Å². The third kappa shape index (κ3) is 4.06. The van der Waals surface area contributed by atoms with Crippen LogP contribution in [0.2, 0.25) is 0 Å². The van der Waals surface area contributed by atoms with Crippen LogP contribution in [0.25, 0.3) is 11.0 Å². The van der Waals surface area contributed by atoms with Crippen molar-refractivity contribution in [3.63, 3.8) is 0 Å². The first-order valence-electron chi connectivity index (χ1n) is 9.36. The van der Waals surface area contributed by atoms with Crippen LogP contribution in [0.3, 0.4) is 0 Å². The van der Waals surface area contributed by atoms with Crippen LogP contribution in [0.4, 0.5) is 0 Å². The molecular weight excluding hydrogens is 328 g/mol. The molecule has 0 radical (unpaired) electrons. The van der Waals surface area contributed by atoms with Gasteiger partial charge in [-0.1, -0.05) is 32.9 Å². The molecule has 1 aliphatic heterocycles. The van der Waals surface area contributed by atoms with E-state index in [1.807, 2.05) is 54.5 Å². The molecule has 26 heavy (non-hydrogen) atoms. The Balaban J connectivity index is 1.82. The highest BCUT2D eigenvalue weighted by Gasteiger charge is 2.23. The van der Waals surface area contributed by atoms with Crippen molar-refractivity contribution in [2.45, 2.75) is 53.1 Å². The lowest BCUT2D eigenvalue weighted by molar-refractivity contribution is -0.132. The van der Waals surface area contributed by atoms with E-state index in [1.54, 1.807) is 0 Å². The SMILES string of the molecule is CC(C)(C)C(=O)NCc1nc2ccccc2n1CC(=O)N1CCCCC1. The molecular formula is C20H28N4O2. The predicted molar refractivity (Wildman–Crippen MR) is 101 cm³/mol. The van der Waals surface area contributed by atoms with Crippen molar-refractivity contribution >= 4 is 22.8 Å². The van der Waals surface area contributed by atoms with Gasteiger partial charge in [0, 0.05) is 18.5 Å². The molecule has 1 N–H and O–H groups in total. The van der Waals surface area contributed by atoms with E-state index in [0.29, 0.717) is 12.4 Å². The molecule has 1 aromatic heterocycles. The minimum atomic E-state index is -0.458. The summed E-state index contributed by atoms with van der Waals surface area (Å²) in [6.07, 6.45) is 3.34. The zero-order valence-electron chi connectivity index (χ0n) is 15.9. The lowest BCUT2D eigenvalue weighted by atomic mass is 9.96. The molecule has 1 aromatic carbocycles. The second kappa shape index (κ2) is 7.48. The van der Waals surface area contributed by atoms with Gasteiger partial charge in [-0.25, -0.2) is 4.98 Å². The van der Waals surface area contributed by atoms with Gasteiger partial charge in [-0.2, -0.15) is 0 Å². The van der Waals surface area contributed by atoms with Gasteiger partial charge in [-0.3, -0.25) is 9.59 Å². The van der Waals surface area contributed by atoms with Crippen molar-refractivity contribution in [1.29, 1.82) is 0 Å². The Kier molecular flexibility index (Phi) is 5.30. The summed E-state index contributed by atoms with van der Waals surface area (Å²) in [6.45, 7) is 7.89. The number of piperidine rings is 1. The summed E-state index contributed by atoms with van der Waals surface area (Å²) in [4.78, 5) is 31.5. The number of carbonyl (C=O) groups is 2. The minimum Gasteiger partial charge on any atom is -0.348 e. The van der Waals surface area contributed by atoms with Gasteiger partial charge in [0.25, 0.3) is 0 Å². The van der Waals surface area contributed by atoms with E-state index in [2.05, 4.69) is 10.3 Å². The van der Waals surface area contributed by atoms with Crippen LogP contribution in [0.15, 0.2) is 24.3 Å². The summed E-state index contributed by atoms with van der Waals surface area (Å²) < 4.78 is 1.94. The number of amides is 2. The first-order valence-corrected chi connectivity index (χ1v) is 9.36. The summed E-state index contributed by atoms with van der Waals surface area (Å²) in [5.74, 6) is 0.809. The number of hydrogen-bond donors (Lipinski definition) is 1. The summed E-state index contributed by atoms with van der Waals surface area (Å²) in [5.41, 5.74) is 1.32. The van der Waals surface area contributed by atoms with E-state index in [1.165, 1.54) is 6.42 Å². The largest absolute Gasteiger partial charge is 0.348 e. The average Bonchev–Trinajstić information content (AvgIpc) is 2.97. The zero-order valence-corrected chi connectivity index (χ0v) is 15.9. The van der Waals surface area contributed by atoms with E-state index < -0.39 is 5.41 Å². The maximum atomic E-state index is 12.7. The van der Waals surface area contributed by atoms with Crippen molar-refractivity contribution < 1.29 is 9.59 Å². The molecule has 3 rings (SSSR count). The van der Waals surface area contributed by atoms with Crippen LogP contribution in [0.1, 0.15) is 45.9 Å². The van der Waals surface area contributed by atoms with Crippen molar-refractivity contribution in [2.75, 3.05) is 13.1 Å². The summed E-state index contributed by atoms with van der Waals surface area (Å²) >= 11 is 0. The molecule has 0 atom stereocenters. The number of para-hydroxylation sites is 2. The first-order chi connectivity index (χ1) is 12.4. The lowest BCUT2D eigenvalue weighted by Crippen LogP contribution is -2.38. The number of benzene rings is 1. The topological polar surface area (TPSA) is 67.2 Å². The monoisotopic (exact) mass is 356 g/mol. The van der Waals surface area contributed by atoms with Gasteiger partial charge >= 0.3 is 0 Å². The summed E-state index contributed by atoms with van der Waals surface area (Å²) in [5, 5.41) is 2.95. The number of carbonyl (C=O) groups excluding carboxylic acids is 2. The second-order valence-corrected chi connectivity index (χ2v) is 7.98. The first kappa shape index (κ1) is 18.4. The molecule has 0 spiro atoms. The molecule has 2 aromatic rings. The molecule has 6 heteroatoms. The Labute approximate surface area is 154 Å². The lowest BCUT2D eigenvalue weighted by Gasteiger charge is -2.27. The van der Waals surface area contributed by atoms with Gasteiger partial charge in [0.1, 0.15) is 12.4 Å². The van der Waals surface area contributed by atoms with Crippen LogP contribution in [-0.4, -0.2) is 39.4 Å². The number of hydrogen-bond acceptors (Lipinski definition) is 3. The van der Waals surface area contributed by atoms with Crippen LogP contribution < -0.4 is 5.32 Å². The number of nitrogens with zero attached hydrogens (tertiary/aromatic N) is 3. The number of rotatable bonds is 4. The Morgan fingerprint density at radius 2 is 1.81 bits per heavy atom. The number of nitrogens with one attached hydrogen (secondary N) is 1. The van der Waals surface area contributed by atoms with Crippen LogP contribution in [0.5, 0.6) is 0 Å². The molecule has 1 aliphatic rings. The molecule has 6 nitrogen and oxygen atoms in total. The maximum absolute atomic E-state index is 12.7. The third-order valence-electron chi connectivity index (χ3n) is 4.82. The zero-order chi connectivity index (χ0) is 18.7. The predicted octanol–water partition coefficient (Wildman–Crippen LogP) is 2.71. The third-order valence-corrected chi connectivity index (χ3v) is 4.82. The van der Waals surface area contributed by atoms with E-state index in [4.69, 9.17) is 0 Å². The van der Waals surface area contributed by atoms with Crippen LogP contribution in [-0.2, 0) is 22.7 Å². The Morgan fingerprint density at radius 1 is 1.12 bits per heavy atom. The summed E-state index contributed by atoms with van der Waals surface area (Å²) in [7, 11) is 0. The molecule has 0 aliphatic carbocycles.